The fraction of sp³-hybridized carbons (Fsp3) is 0.167. The van der Waals surface area contributed by atoms with Gasteiger partial charge in [-0.15, -0.1) is 0 Å². The van der Waals surface area contributed by atoms with Crippen LogP contribution in [-0.4, -0.2) is 20.2 Å². The van der Waals surface area contributed by atoms with Gasteiger partial charge in [0.15, 0.2) is 0 Å². The van der Waals surface area contributed by atoms with Crippen molar-refractivity contribution in [1.82, 2.24) is 0 Å². The first-order valence-corrected chi connectivity index (χ1v) is 7.37. The SMILES string of the molecule is COC(=O)C(=Cc1ccc(OC)cc1OCc1ccccc1)N=[N+]=[N-]. The molecule has 2 aromatic rings. The minimum absolute atomic E-state index is 0.167. The molecule has 7 heteroatoms. The second kappa shape index (κ2) is 9.00. The number of carbonyl (C=O) groups is 1. The van der Waals surface area contributed by atoms with Crippen LogP contribution in [0.1, 0.15) is 11.1 Å². The van der Waals surface area contributed by atoms with E-state index in [0.29, 0.717) is 23.7 Å². The summed E-state index contributed by atoms with van der Waals surface area (Å²) in [6.45, 7) is 0.337. The average molecular weight is 339 g/mol. The second-order valence-electron chi connectivity index (χ2n) is 4.89. The van der Waals surface area contributed by atoms with Crippen molar-refractivity contribution in [2.45, 2.75) is 6.61 Å². The van der Waals surface area contributed by atoms with Crippen LogP contribution in [0.2, 0.25) is 0 Å². The van der Waals surface area contributed by atoms with Crippen LogP contribution in [-0.2, 0) is 16.1 Å². The Hall–Kier alpha value is -3.44. The van der Waals surface area contributed by atoms with E-state index >= 15 is 0 Å². The van der Waals surface area contributed by atoms with Gasteiger partial charge in [0.2, 0.25) is 0 Å². The molecule has 128 valence electrons. The number of methoxy groups -OCH3 is 2. The second-order valence-corrected chi connectivity index (χ2v) is 4.89. The molecule has 0 atom stereocenters. The van der Waals surface area contributed by atoms with Crippen LogP contribution in [0.25, 0.3) is 16.5 Å². The van der Waals surface area contributed by atoms with Gasteiger partial charge >= 0.3 is 5.97 Å². The highest BCUT2D eigenvalue weighted by atomic mass is 16.5. The number of azide groups is 1. The number of carbonyl (C=O) groups excluding carboxylic acids is 1. The van der Waals surface area contributed by atoms with Gasteiger partial charge in [0.1, 0.15) is 23.8 Å². The van der Waals surface area contributed by atoms with E-state index in [2.05, 4.69) is 14.8 Å². The van der Waals surface area contributed by atoms with E-state index in [1.54, 1.807) is 25.3 Å². The van der Waals surface area contributed by atoms with Gasteiger partial charge in [-0.25, -0.2) is 4.79 Å². The highest BCUT2D eigenvalue weighted by Crippen LogP contribution is 2.28. The highest BCUT2D eigenvalue weighted by molar-refractivity contribution is 5.93. The van der Waals surface area contributed by atoms with Crippen molar-refractivity contribution in [3.8, 4) is 11.5 Å². The Balaban J connectivity index is 2.36. The Morgan fingerprint density at radius 3 is 2.60 bits per heavy atom. The van der Waals surface area contributed by atoms with Crippen molar-refractivity contribution in [3.63, 3.8) is 0 Å². The molecule has 0 heterocycles. The van der Waals surface area contributed by atoms with Crippen LogP contribution in [0.4, 0.5) is 0 Å². The minimum Gasteiger partial charge on any atom is -0.497 e. The van der Waals surface area contributed by atoms with Crippen molar-refractivity contribution >= 4 is 12.0 Å². The molecular weight excluding hydrogens is 322 g/mol. The number of nitrogens with zero attached hydrogens (tertiary/aromatic N) is 3. The zero-order chi connectivity index (χ0) is 18.1. The van der Waals surface area contributed by atoms with E-state index in [1.807, 2.05) is 30.3 Å². The number of hydrogen-bond acceptors (Lipinski definition) is 5. The molecule has 0 amide bonds. The summed E-state index contributed by atoms with van der Waals surface area (Å²) < 4.78 is 15.7. The molecular formula is C18H17N3O4. The number of ether oxygens (including phenoxy) is 3. The summed E-state index contributed by atoms with van der Waals surface area (Å²) in [7, 11) is 2.76. The molecule has 2 rings (SSSR count). The minimum atomic E-state index is -0.734. The van der Waals surface area contributed by atoms with E-state index in [4.69, 9.17) is 15.0 Å². The summed E-state index contributed by atoms with van der Waals surface area (Å²) in [4.78, 5) is 14.3. The molecule has 0 fully saturated rings. The first kappa shape index (κ1) is 17.9. The molecule has 7 nitrogen and oxygen atoms in total. The number of rotatable bonds is 7. The van der Waals surface area contributed by atoms with Gasteiger partial charge in [-0.2, -0.15) is 0 Å². The summed E-state index contributed by atoms with van der Waals surface area (Å²) in [5, 5.41) is 3.37. The third-order valence-corrected chi connectivity index (χ3v) is 3.30. The van der Waals surface area contributed by atoms with Gasteiger partial charge < -0.3 is 14.2 Å². The fourth-order valence-corrected chi connectivity index (χ4v) is 2.05. The lowest BCUT2D eigenvalue weighted by atomic mass is 10.1. The molecule has 0 saturated carbocycles. The zero-order valence-corrected chi connectivity index (χ0v) is 13.9. The van der Waals surface area contributed by atoms with E-state index in [-0.39, 0.29) is 5.70 Å². The molecule has 0 aliphatic rings. The van der Waals surface area contributed by atoms with Crippen LogP contribution in [0.3, 0.4) is 0 Å². The predicted molar refractivity (Wildman–Crippen MR) is 92.9 cm³/mol. The zero-order valence-electron chi connectivity index (χ0n) is 13.9. The maximum absolute atomic E-state index is 11.7. The van der Waals surface area contributed by atoms with Crippen molar-refractivity contribution < 1.29 is 19.0 Å². The Labute approximate surface area is 145 Å². The van der Waals surface area contributed by atoms with Gasteiger partial charge in [-0.1, -0.05) is 35.4 Å². The first-order chi connectivity index (χ1) is 12.2. The molecule has 0 aromatic heterocycles. The number of esters is 1. The molecule has 0 spiro atoms. The molecule has 25 heavy (non-hydrogen) atoms. The van der Waals surface area contributed by atoms with Gasteiger partial charge in [0.25, 0.3) is 0 Å². The third kappa shape index (κ3) is 5.02. The number of hydrogen-bond donors (Lipinski definition) is 0. The Morgan fingerprint density at radius 2 is 1.96 bits per heavy atom. The Bertz CT molecular complexity index is 812. The van der Waals surface area contributed by atoms with Crippen LogP contribution < -0.4 is 9.47 Å². The molecule has 0 saturated heterocycles. The molecule has 0 aliphatic heterocycles. The Morgan fingerprint density at radius 1 is 1.20 bits per heavy atom. The molecule has 0 N–H and O–H groups in total. The van der Waals surface area contributed by atoms with Crippen molar-refractivity contribution in [1.29, 1.82) is 0 Å². The molecule has 0 radical (unpaired) electrons. The summed E-state index contributed by atoms with van der Waals surface area (Å²) in [5.41, 5.74) is 10.0. The standard InChI is InChI=1S/C18H17N3O4/c1-23-15-9-8-14(10-16(20-21-19)18(22)24-2)17(11-15)25-12-13-6-4-3-5-7-13/h3-11H,12H2,1-2H3. The largest absolute Gasteiger partial charge is 0.497 e. The first-order valence-electron chi connectivity index (χ1n) is 7.37. The summed E-state index contributed by atoms with van der Waals surface area (Å²) in [5.74, 6) is 0.351. The van der Waals surface area contributed by atoms with Gasteiger partial charge in [-0.05, 0) is 29.3 Å². The van der Waals surface area contributed by atoms with E-state index in [9.17, 15) is 4.79 Å². The van der Waals surface area contributed by atoms with Gasteiger partial charge in [0, 0.05) is 16.5 Å². The summed E-state index contributed by atoms with van der Waals surface area (Å²) in [6, 6.07) is 14.8. The van der Waals surface area contributed by atoms with Crippen LogP contribution in [0.5, 0.6) is 11.5 Å². The van der Waals surface area contributed by atoms with Crippen LogP contribution in [0, 0.1) is 0 Å². The lowest BCUT2D eigenvalue weighted by molar-refractivity contribution is -0.136. The quantitative estimate of drug-likeness (QED) is 0.249. The maximum Gasteiger partial charge on any atom is 0.340 e. The van der Waals surface area contributed by atoms with E-state index in [1.165, 1.54) is 13.2 Å². The summed E-state index contributed by atoms with van der Waals surface area (Å²) in [6.07, 6.45) is 1.41. The lowest BCUT2D eigenvalue weighted by Crippen LogP contribution is -2.03. The highest BCUT2D eigenvalue weighted by Gasteiger charge is 2.11. The van der Waals surface area contributed by atoms with Gasteiger partial charge in [-0.3, -0.25) is 0 Å². The maximum atomic E-state index is 11.7. The van der Waals surface area contributed by atoms with Crippen molar-refractivity contribution in [2.75, 3.05) is 14.2 Å². The number of benzene rings is 2. The van der Waals surface area contributed by atoms with Crippen molar-refractivity contribution in [3.05, 3.63) is 75.8 Å². The third-order valence-electron chi connectivity index (χ3n) is 3.30. The molecule has 0 unspecified atom stereocenters. The fourth-order valence-electron chi connectivity index (χ4n) is 2.05. The molecule has 0 aliphatic carbocycles. The smallest absolute Gasteiger partial charge is 0.340 e. The van der Waals surface area contributed by atoms with Crippen molar-refractivity contribution in [2.24, 2.45) is 5.11 Å². The predicted octanol–water partition coefficient (Wildman–Crippen LogP) is 4.10. The van der Waals surface area contributed by atoms with E-state index < -0.39 is 5.97 Å². The Kier molecular flexibility index (Phi) is 6.45. The van der Waals surface area contributed by atoms with Crippen LogP contribution in [0.15, 0.2) is 59.3 Å². The lowest BCUT2D eigenvalue weighted by Gasteiger charge is -2.12. The van der Waals surface area contributed by atoms with Gasteiger partial charge in [0.05, 0.1) is 14.2 Å². The topological polar surface area (TPSA) is 93.5 Å². The molecule has 2 aromatic carbocycles. The van der Waals surface area contributed by atoms with Crippen LogP contribution >= 0.6 is 0 Å². The molecule has 0 bridgehead atoms. The normalized spacial score (nSPS) is 10.6. The summed E-state index contributed by atoms with van der Waals surface area (Å²) >= 11 is 0. The average Bonchev–Trinajstić information content (AvgIpc) is 2.66. The van der Waals surface area contributed by atoms with E-state index in [0.717, 1.165) is 5.56 Å². The monoisotopic (exact) mass is 339 g/mol.